The molecule has 4 rings (SSSR count). The van der Waals surface area contributed by atoms with Gasteiger partial charge in [0.1, 0.15) is 18.4 Å². The second-order valence-electron chi connectivity index (χ2n) is 9.47. The summed E-state index contributed by atoms with van der Waals surface area (Å²) in [6.07, 6.45) is 0.981. The highest BCUT2D eigenvalue weighted by atomic mass is 32.2. The first-order valence-corrected chi connectivity index (χ1v) is 13.3. The smallest absolute Gasteiger partial charge is 0.257 e. The number of nitrogens with one attached hydrogen (secondary N) is 1. The van der Waals surface area contributed by atoms with Gasteiger partial charge in [0.25, 0.3) is 5.91 Å². The molecule has 2 aromatic rings. The van der Waals surface area contributed by atoms with Gasteiger partial charge in [-0.2, -0.15) is 5.10 Å². The summed E-state index contributed by atoms with van der Waals surface area (Å²) in [5.74, 6) is -1.33. The van der Waals surface area contributed by atoms with E-state index in [4.69, 9.17) is 9.47 Å². The van der Waals surface area contributed by atoms with E-state index in [0.717, 1.165) is 6.26 Å². The minimum Gasteiger partial charge on any atom is -0.348 e. The van der Waals surface area contributed by atoms with Gasteiger partial charge in [0, 0.05) is 24.1 Å². The molecule has 1 N–H and O–H groups in total. The van der Waals surface area contributed by atoms with Crippen LogP contribution in [0, 0.1) is 5.92 Å². The Morgan fingerprint density at radius 3 is 2.43 bits per heavy atom. The third kappa shape index (κ3) is 6.33. The van der Waals surface area contributed by atoms with Crippen LogP contribution in [0.25, 0.3) is 5.57 Å². The monoisotopic (exact) mass is 509 g/mol. The Morgan fingerprint density at radius 2 is 1.86 bits per heavy atom. The fourth-order valence-electron chi connectivity index (χ4n) is 4.30. The molecule has 8 nitrogen and oxygen atoms in total. The summed E-state index contributed by atoms with van der Waals surface area (Å²) in [5.41, 5.74) is 0.631. The number of hydrogen-bond acceptors (Lipinski definition) is 6. The van der Waals surface area contributed by atoms with Crippen molar-refractivity contribution >= 4 is 27.1 Å². The van der Waals surface area contributed by atoms with Crippen LogP contribution in [0.4, 0.5) is 14.6 Å². The van der Waals surface area contributed by atoms with E-state index in [9.17, 15) is 22.0 Å². The second kappa shape index (κ2) is 9.79. The van der Waals surface area contributed by atoms with Crippen LogP contribution >= 0.6 is 0 Å². The predicted octanol–water partition coefficient (Wildman–Crippen LogP) is 3.55. The second-order valence-corrected chi connectivity index (χ2v) is 11.5. The van der Waals surface area contributed by atoms with Crippen LogP contribution in [0.15, 0.2) is 47.5 Å². The lowest BCUT2D eigenvalue weighted by Gasteiger charge is -2.16. The van der Waals surface area contributed by atoms with Gasteiger partial charge in [-0.3, -0.25) is 9.48 Å². The molecule has 1 aliphatic heterocycles. The van der Waals surface area contributed by atoms with Crippen molar-refractivity contribution < 1.29 is 31.5 Å². The average Bonchev–Trinajstić information content (AvgIpc) is 3.44. The molecule has 2 heterocycles. The molecule has 1 saturated carbocycles. The molecule has 0 spiro atoms. The first kappa shape index (κ1) is 25.5. The van der Waals surface area contributed by atoms with E-state index in [0.29, 0.717) is 24.5 Å². The molecule has 0 radical (unpaired) electrons. The number of rotatable bonds is 7. The van der Waals surface area contributed by atoms with Gasteiger partial charge < -0.3 is 14.8 Å². The fourth-order valence-corrected chi connectivity index (χ4v) is 4.93. The van der Waals surface area contributed by atoms with Gasteiger partial charge in [0.2, 0.25) is 0 Å². The van der Waals surface area contributed by atoms with E-state index in [2.05, 4.69) is 10.4 Å². The predicted molar refractivity (Wildman–Crippen MR) is 126 cm³/mol. The third-order valence-electron chi connectivity index (χ3n) is 6.03. The van der Waals surface area contributed by atoms with Gasteiger partial charge in [0.15, 0.2) is 21.4 Å². The van der Waals surface area contributed by atoms with E-state index in [1.807, 2.05) is 13.8 Å². The summed E-state index contributed by atoms with van der Waals surface area (Å²) in [7, 11) is -3.42. The van der Waals surface area contributed by atoms with Crippen molar-refractivity contribution in [2.45, 2.75) is 62.4 Å². The van der Waals surface area contributed by atoms with E-state index in [1.54, 1.807) is 23.0 Å². The number of carbonyl (C=O) groups is 1. The molecule has 2 fully saturated rings. The van der Waals surface area contributed by atoms with Gasteiger partial charge in [-0.1, -0.05) is 18.2 Å². The van der Waals surface area contributed by atoms with Crippen molar-refractivity contribution in [3.8, 4) is 0 Å². The molecule has 11 heteroatoms. The summed E-state index contributed by atoms with van der Waals surface area (Å²) in [5, 5.41) is 7.09. The van der Waals surface area contributed by atoms with Gasteiger partial charge in [-0.05, 0) is 50.3 Å². The van der Waals surface area contributed by atoms with E-state index in [1.165, 1.54) is 24.3 Å². The SMILES string of the molecule is CC1(C)OC[C@H](Cn2ccc(NC(=O)C(=CC3C[C@@H](F)[C@@H](F)C3)c3ccc(S(C)(=O)=O)cc3)n2)O1. The minimum absolute atomic E-state index is 0.0200. The van der Waals surface area contributed by atoms with Crippen LogP contribution in [0.2, 0.25) is 0 Å². The molecule has 190 valence electrons. The lowest BCUT2D eigenvalue weighted by Crippen LogP contribution is -2.24. The number of allylic oxidation sites excluding steroid dienone is 1. The zero-order valence-electron chi connectivity index (χ0n) is 19.8. The van der Waals surface area contributed by atoms with Gasteiger partial charge in [0.05, 0.1) is 18.0 Å². The van der Waals surface area contributed by atoms with Crippen LogP contribution in [0.3, 0.4) is 0 Å². The van der Waals surface area contributed by atoms with Gasteiger partial charge in [-0.15, -0.1) is 0 Å². The molecule has 35 heavy (non-hydrogen) atoms. The third-order valence-corrected chi connectivity index (χ3v) is 7.16. The highest BCUT2D eigenvalue weighted by Crippen LogP contribution is 2.34. The van der Waals surface area contributed by atoms with Gasteiger partial charge in [-0.25, -0.2) is 17.2 Å². The largest absolute Gasteiger partial charge is 0.348 e. The maximum atomic E-state index is 13.8. The topological polar surface area (TPSA) is 99.5 Å². The van der Waals surface area contributed by atoms with Crippen molar-refractivity contribution in [3.05, 3.63) is 48.2 Å². The Bertz CT molecular complexity index is 1200. The molecular weight excluding hydrogens is 480 g/mol. The maximum Gasteiger partial charge on any atom is 0.257 e. The molecule has 1 aromatic carbocycles. The molecule has 1 amide bonds. The molecule has 0 bridgehead atoms. The Kier molecular flexibility index (Phi) is 7.12. The van der Waals surface area contributed by atoms with Crippen LogP contribution in [0.1, 0.15) is 32.3 Å². The van der Waals surface area contributed by atoms with Crippen molar-refractivity contribution in [3.63, 3.8) is 0 Å². The number of anilines is 1. The van der Waals surface area contributed by atoms with Crippen molar-refractivity contribution in [2.24, 2.45) is 5.92 Å². The normalized spacial score (nSPS) is 26.7. The molecule has 1 aliphatic carbocycles. The highest BCUT2D eigenvalue weighted by molar-refractivity contribution is 7.90. The van der Waals surface area contributed by atoms with Crippen molar-refractivity contribution in [2.75, 3.05) is 18.2 Å². The molecule has 4 atom stereocenters. The number of hydrogen-bond donors (Lipinski definition) is 1. The Balaban J connectivity index is 1.52. The number of carbonyl (C=O) groups excluding carboxylic acids is 1. The molecular formula is C24H29F2N3O5S. The van der Waals surface area contributed by atoms with Crippen LogP contribution in [0.5, 0.6) is 0 Å². The van der Waals surface area contributed by atoms with Gasteiger partial charge >= 0.3 is 0 Å². The van der Waals surface area contributed by atoms with E-state index >= 15 is 0 Å². The standard InChI is InChI=1S/C24H29F2N3O5S/c1-24(2)33-14-17(34-24)13-29-9-8-22(28-29)27-23(30)19(10-15-11-20(25)21(26)12-15)16-4-6-18(7-5-16)35(3,31)32/h4-10,15,17,20-21H,11-14H2,1-3H3,(H,27,28,30)/t15?,17-,20-,21+/m0/s1. The summed E-state index contributed by atoms with van der Waals surface area (Å²) in [4.78, 5) is 13.3. The highest BCUT2D eigenvalue weighted by Gasteiger charge is 2.34. The van der Waals surface area contributed by atoms with Crippen molar-refractivity contribution in [1.82, 2.24) is 9.78 Å². The number of ether oxygens (including phenoxy) is 2. The Morgan fingerprint density at radius 1 is 1.20 bits per heavy atom. The summed E-state index contributed by atoms with van der Waals surface area (Å²) in [6.45, 7) is 4.53. The minimum atomic E-state index is -3.42. The molecule has 1 aromatic heterocycles. The number of halogens is 2. The number of alkyl halides is 2. The van der Waals surface area contributed by atoms with Crippen LogP contribution < -0.4 is 5.32 Å². The number of aromatic nitrogens is 2. The Labute approximate surface area is 203 Å². The number of nitrogens with zero attached hydrogens (tertiary/aromatic N) is 2. The summed E-state index contributed by atoms with van der Waals surface area (Å²) >= 11 is 0. The quantitative estimate of drug-likeness (QED) is 0.573. The maximum absolute atomic E-state index is 13.8. The zero-order valence-corrected chi connectivity index (χ0v) is 20.6. The van der Waals surface area contributed by atoms with Crippen LogP contribution in [-0.4, -0.2) is 61.2 Å². The first-order valence-electron chi connectivity index (χ1n) is 11.4. The lowest BCUT2D eigenvalue weighted by atomic mass is 9.98. The molecule has 1 unspecified atom stereocenters. The number of benzene rings is 1. The lowest BCUT2D eigenvalue weighted by molar-refractivity contribution is -0.139. The average molecular weight is 510 g/mol. The van der Waals surface area contributed by atoms with E-state index < -0.39 is 39.8 Å². The zero-order chi connectivity index (χ0) is 25.4. The molecule has 2 aliphatic rings. The first-order chi connectivity index (χ1) is 16.4. The van der Waals surface area contributed by atoms with Crippen LogP contribution in [-0.2, 0) is 30.7 Å². The summed E-state index contributed by atoms with van der Waals surface area (Å²) in [6, 6.07) is 7.45. The summed E-state index contributed by atoms with van der Waals surface area (Å²) < 4.78 is 64.1. The number of sulfone groups is 1. The number of amides is 1. The Hall–Kier alpha value is -2.63. The van der Waals surface area contributed by atoms with E-state index in [-0.39, 0.29) is 29.4 Å². The molecule has 1 saturated heterocycles. The fraction of sp³-hybridized carbons (Fsp3) is 0.500. The van der Waals surface area contributed by atoms with Crippen molar-refractivity contribution in [1.29, 1.82) is 0 Å².